The van der Waals surface area contributed by atoms with Crippen LogP contribution in [0.5, 0.6) is 0 Å². The maximum atomic E-state index is 14.5. The number of esters is 1. The van der Waals surface area contributed by atoms with Crippen molar-refractivity contribution in [2.45, 2.75) is 20.8 Å². The second-order valence-corrected chi connectivity index (χ2v) is 9.55. The molecule has 2 aromatic carbocycles. The number of nitrogens with zero attached hydrogens (tertiary/aromatic N) is 1. The molecular formula is C23H22ClN2O4P. The first kappa shape index (κ1) is 22.8. The predicted molar refractivity (Wildman–Crippen MR) is 124 cm³/mol. The summed E-state index contributed by atoms with van der Waals surface area (Å²) < 4.78 is 25.6. The highest BCUT2D eigenvalue weighted by atomic mass is 35.5. The molecule has 3 aromatic rings. The smallest absolute Gasteiger partial charge is 0.355 e. The standard InChI is InChI=1S/C23H22ClN2O4P/c1-4-29-23(27)21-22(19-14-17(24)8-9-20(19)26-21)31(28,30-5-2)18-12-15(3)11-16(13-18)7-6-10-25/h6-9,11-14,26H,4-5H2,1-3H3/b7-6+. The number of allylic oxidation sites excluding steroid dienone is 1. The van der Waals surface area contributed by atoms with Gasteiger partial charge in [0.15, 0.2) is 0 Å². The van der Waals surface area contributed by atoms with Gasteiger partial charge in [0, 0.05) is 27.3 Å². The summed E-state index contributed by atoms with van der Waals surface area (Å²) in [5.74, 6) is -0.623. The molecule has 0 amide bonds. The van der Waals surface area contributed by atoms with E-state index in [9.17, 15) is 9.36 Å². The lowest BCUT2D eigenvalue weighted by atomic mass is 10.1. The molecule has 160 valence electrons. The van der Waals surface area contributed by atoms with Gasteiger partial charge in [0.25, 0.3) is 7.37 Å². The molecule has 0 aliphatic heterocycles. The Bertz CT molecular complexity index is 1260. The maximum absolute atomic E-state index is 14.5. The molecular weight excluding hydrogens is 435 g/mol. The van der Waals surface area contributed by atoms with E-state index in [2.05, 4.69) is 4.98 Å². The minimum atomic E-state index is -3.75. The Balaban J connectivity index is 2.37. The third-order valence-electron chi connectivity index (χ3n) is 4.59. The number of benzene rings is 2. The predicted octanol–water partition coefficient (Wildman–Crippen LogP) is 5.11. The van der Waals surface area contributed by atoms with Crippen LogP contribution < -0.4 is 10.6 Å². The number of ether oxygens (including phenoxy) is 1. The zero-order valence-electron chi connectivity index (χ0n) is 17.4. The summed E-state index contributed by atoms with van der Waals surface area (Å²) >= 11 is 6.22. The van der Waals surface area contributed by atoms with Crippen LogP contribution in [0.1, 0.15) is 35.5 Å². The average Bonchev–Trinajstić information content (AvgIpc) is 3.11. The summed E-state index contributed by atoms with van der Waals surface area (Å²) in [6.07, 6.45) is 2.98. The van der Waals surface area contributed by atoms with Crippen molar-refractivity contribution in [1.29, 1.82) is 5.26 Å². The number of aromatic amines is 1. The van der Waals surface area contributed by atoms with Gasteiger partial charge in [0.1, 0.15) is 5.69 Å². The van der Waals surface area contributed by atoms with E-state index in [1.165, 1.54) is 6.08 Å². The first-order valence-electron chi connectivity index (χ1n) is 9.76. The Morgan fingerprint density at radius 1 is 1.23 bits per heavy atom. The third kappa shape index (κ3) is 4.60. The molecule has 1 unspecified atom stereocenters. The van der Waals surface area contributed by atoms with Crippen LogP contribution in [0.4, 0.5) is 0 Å². The normalized spacial score (nSPS) is 13.3. The van der Waals surface area contributed by atoms with Gasteiger partial charge in [0.05, 0.1) is 24.6 Å². The van der Waals surface area contributed by atoms with Crippen molar-refractivity contribution in [3.05, 3.63) is 64.3 Å². The highest BCUT2D eigenvalue weighted by Gasteiger charge is 2.37. The molecule has 3 rings (SSSR count). The van der Waals surface area contributed by atoms with Crippen LogP contribution in [-0.4, -0.2) is 24.2 Å². The second kappa shape index (κ2) is 9.53. The van der Waals surface area contributed by atoms with Crippen LogP contribution in [0.3, 0.4) is 0 Å². The first-order chi connectivity index (χ1) is 14.8. The molecule has 1 heterocycles. The van der Waals surface area contributed by atoms with Crippen LogP contribution in [-0.2, 0) is 13.8 Å². The first-order valence-corrected chi connectivity index (χ1v) is 11.8. The second-order valence-electron chi connectivity index (χ2n) is 6.79. The Labute approximate surface area is 185 Å². The number of aromatic nitrogens is 1. The van der Waals surface area contributed by atoms with E-state index in [1.54, 1.807) is 50.3 Å². The maximum Gasteiger partial charge on any atom is 0.355 e. The molecule has 0 saturated carbocycles. The number of aryl methyl sites for hydroxylation is 1. The van der Waals surface area contributed by atoms with Crippen LogP contribution in [0.2, 0.25) is 5.02 Å². The summed E-state index contributed by atoms with van der Waals surface area (Å²) in [5.41, 5.74) is 2.21. The average molecular weight is 457 g/mol. The Morgan fingerprint density at radius 3 is 2.68 bits per heavy atom. The fourth-order valence-electron chi connectivity index (χ4n) is 3.45. The van der Waals surface area contributed by atoms with Crippen molar-refractivity contribution in [3.63, 3.8) is 0 Å². The molecule has 1 atom stereocenters. The molecule has 0 fully saturated rings. The summed E-state index contributed by atoms with van der Waals surface area (Å²) in [6, 6.07) is 12.3. The molecule has 6 nitrogen and oxygen atoms in total. The van der Waals surface area contributed by atoms with Crippen LogP contribution in [0.15, 0.2) is 42.5 Å². The number of nitrogens with one attached hydrogen (secondary N) is 1. The Morgan fingerprint density at radius 2 is 2.00 bits per heavy atom. The molecule has 0 radical (unpaired) electrons. The lowest BCUT2D eigenvalue weighted by Crippen LogP contribution is -2.24. The number of H-pyrrole nitrogens is 1. The van der Waals surface area contributed by atoms with Gasteiger partial charge < -0.3 is 14.2 Å². The summed E-state index contributed by atoms with van der Waals surface area (Å²) in [5, 5.41) is 10.5. The van der Waals surface area contributed by atoms with E-state index in [0.717, 1.165) is 5.56 Å². The monoisotopic (exact) mass is 456 g/mol. The molecule has 0 bridgehead atoms. The van der Waals surface area contributed by atoms with E-state index in [1.807, 2.05) is 19.1 Å². The van der Waals surface area contributed by atoms with Gasteiger partial charge >= 0.3 is 5.97 Å². The number of nitriles is 1. The lowest BCUT2D eigenvalue weighted by molar-refractivity contribution is 0.0522. The minimum Gasteiger partial charge on any atom is -0.461 e. The number of hydrogen-bond acceptors (Lipinski definition) is 5. The Hall–Kier alpha value is -2.84. The van der Waals surface area contributed by atoms with Crippen molar-refractivity contribution in [2.75, 3.05) is 13.2 Å². The molecule has 0 saturated heterocycles. The third-order valence-corrected chi connectivity index (χ3v) is 7.44. The van der Waals surface area contributed by atoms with Crippen molar-refractivity contribution in [3.8, 4) is 6.07 Å². The summed E-state index contributed by atoms with van der Waals surface area (Å²) in [4.78, 5) is 15.8. The molecule has 1 aromatic heterocycles. The summed E-state index contributed by atoms with van der Waals surface area (Å²) in [6.45, 7) is 5.63. The molecule has 0 aliphatic rings. The number of carbonyl (C=O) groups is 1. The molecule has 8 heteroatoms. The number of hydrogen-bond donors (Lipinski definition) is 1. The number of rotatable bonds is 7. The largest absolute Gasteiger partial charge is 0.461 e. The fourth-order valence-corrected chi connectivity index (χ4v) is 6.16. The van der Waals surface area contributed by atoms with Crippen molar-refractivity contribution >= 4 is 52.5 Å². The van der Waals surface area contributed by atoms with Gasteiger partial charge in [0.2, 0.25) is 0 Å². The Kier molecular flexibility index (Phi) is 7.02. The topological polar surface area (TPSA) is 92.2 Å². The number of fused-ring (bicyclic) bond motifs is 1. The molecule has 1 N–H and O–H groups in total. The fraction of sp³-hybridized carbons (Fsp3) is 0.217. The summed E-state index contributed by atoms with van der Waals surface area (Å²) in [7, 11) is -3.75. The van der Waals surface area contributed by atoms with E-state index in [-0.39, 0.29) is 24.2 Å². The SMILES string of the molecule is CCOC(=O)c1[nH]c2ccc(Cl)cc2c1P(=O)(OCC)c1cc(C)cc(/C=C/C#N)c1. The van der Waals surface area contributed by atoms with Crippen molar-refractivity contribution in [1.82, 2.24) is 4.98 Å². The van der Waals surface area contributed by atoms with E-state index < -0.39 is 13.3 Å². The number of halogens is 1. The van der Waals surface area contributed by atoms with E-state index in [0.29, 0.717) is 26.8 Å². The molecule has 31 heavy (non-hydrogen) atoms. The van der Waals surface area contributed by atoms with E-state index >= 15 is 0 Å². The molecule has 0 aliphatic carbocycles. The minimum absolute atomic E-state index is 0.0755. The number of carbonyl (C=O) groups excluding carboxylic acids is 1. The van der Waals surface area contributed by atoms with Crippen molar-refractivity contribution < 1.29 is 18.6 Å². The van der Waals surface area contributed by atoms with Gasteiger partial charge in [-0.25, -0.2) is 4.79 Å². The van der Waals surface area contributed by atoms with Gasteiger partial charge in [-0.3, -0.25) is 4.57 Å². The van der Waals surface area contributed by atoms with Crippen LogP contribution in [0, 0.1) is 18.3 Å². The highest BCUT2D eigenvalue weighted by molar-refractivity contribution is 7.75. The lowest BCUT2D eigenvalue weighted by Gasteiger charge is -2.20. The van der Waals surface area contributed by atoms with Gasteiger partial charge in [-0.05, 0) is 68.3 Å². The highest BCUT2D eigenvalue weighted by Crippen LogP contribution is 2.48. The van der Waals surface area contributed by atoms with Crippen molar-refractivity contribution in [2.24, 2.45) is 0 Å². The van der Waals surface area contributed by atoms with Crippen LogP contribution >= 0.6 is 19.0 Å². The van der Waals surface area contributed by atoms with E-state index in [4.69, 9.17) is 26.1 Å². The van der Waals surface area contributed by atoms with Gasteiger partial charge in [-0.2, -0.15) is 5.26 Å². The zero-order chi connectivity index (χ0) is 22.6. The van der Waals surface area contributed by atoms with Crippen LogP contribution in [0.25, 0.3) is 17.0 Å². The van der Waals surface area contributed by atoms with Gasteiger partial charge in [-0.1, -0.05) is 17.7 Å². The molecule has 0 spiro atoms. The quantitative estimate of drug-likeness (QED) is 0.303. The zero-order valence-corrected chi connectivity index (χ0v) is 19.1. The van der Waals surface area contributed by atoms with Gasteiger partial charge in [-0.15, -0.1) is 0 Å².